The molecule has 1 amide bonds. The molecule has 0 aliphatic carbocycles. The number of anilines is 1. The molecule has 0 unspecified atom stereocenters. The smallest absolute Gasteiger partial charge is 0.336 e. The molecule has 0 bridgehead atoms. The fraction of sp³-hybridized carbons (Fsp3) is 0.0588. The predicted molar refractivity (Wildman–Crippen MR) is 81.0 cm³/mol. The number of halogens is 5. The third-order valence-corrected chi connectivity index (χ3v) is 3.54. The zero-order valence-electron chi connectivity index (χ0n) is 12.7. The lowest BCUT2D eigenvalue weighted by atomic mass is 10.1. The first-order valence-corrected chi connectivity index (χ1v) is 7.12. The van der Waals surface area contributed by atoms with Gasteiger partial charge in [-0.25, -0.2) is 26.7 Å². The van der Waals surface area contributed by atoms with Crippen LogP contribution < -0.4 is 10.9 Å². The molecule has 26 heavy (non-hydrogen) atoms. The standard InChI is InChI=1S/C17H8F5NO3/c18-13-9(14(19)16(21)17(22)15(13)20)6-11(24)23-8-2-3-10-7(5-8)1-4-12(25)26-10/h1-5H,6H2,(H,23,24). The van der Waals surface area contributed by atoms with Gasteiger partial charge >= 0.3 is 5.63 Å². The van der Waals surface area contributed by atoms with Crippen molar-refractivity contribution in [1.82, 2.24) is 0 Å². The van der Waals surface area contributed by atoms with E-state index in [0.29, 0.717) is 5.39 Å². The summed E-state index contributed by atoms with van der Waals surface area (Å²) in [6.45, 7) is 0. The van der Waals surface area contributed by atoms with Crippen LogP contribution in [0.1, 0.15) is 5.56 Å². The average molecular weight is 369 g/mol. The van der Waals surface area contributed by atoms with E-state index < -0.39 is 52.6 Å². The molecule has 134 valence electrons. The molecule has 0 saturated carbocycles. The van der Waals surface area contributed by atoms with E-state index >= 15 is 0 Å². The SMILES string of the molecule is O=C(Cc1c(F)c(F)c(F)c(F)c1F)Nc1ccc2oc(=O)ccc2c1. The fourth-order valence-corrected chi connectivity index (χ4v) is 2.32. The van der Waals surface area contributed by atoms with Crippen molar-refractivity contribution < 1.29 is 31.2 Å². The molecule has 1 heterocycles. The van der Waals surface area contributed by atoms with E-state index in [9.17, 15) is 31.5 Å². The van der Waals surface area contributed by atoms with Gasteiger partial charge in [-0.15, -0.1) is 0 Å². The highest BCUT2D eigenvalue weighted by Crippen LogP contribution is 2.24. The highest BCUT2D eigenvalue weighted by atomic mass is 19.2. The summed E-state index contributed by atoms with van der Waals surface area (Å²) in [5.74, 6) is -11.6. The minimum absolute atomic E-state index is 0.181. The molecule has 4 nitrogen and oxygen atoms in total. The molecule has 1 N–H and O–H groups in total. The van der Waals surface area contributed by atoms with E-state index in [1.54, 1.807) is 0 Å². The lowest BCUT2D eigenvalue weighted by Gasteiger charge is -2.09. The third-order valence-electron chi connectivity index (χ3n) is 3.54. The van der Waals surface area contributed by atoms with E-state index in [-0.39, 0.29) is 11.3 Å². The first-order valence-electron chi connectivity index (χ1n) is 7.12. The van der Waals surface area contributed by atoms with Crippen molar-refractivity contribution in [1.29, 1.82) is 0 Å². The van der Waals surface area contributed by atoms with Crippen molar-refractivity contribution >= 4 is 22.6 Å². The molecule has 0 spiro atoms. The van der Waals surface area contributed by atoms with Crippen molar-refractivity contribution in [2.24, 2.45) is 0 Å². The summed E-state index contributed by atoms with van der Waals surface area (Å²) in [5, 5.41) is 2.73. The lowest BCUT2D eigenvalue weighted by Crippen LogP contribution is -2.18. The first-order chi connectivity index (χ1) is 12.3. The van der Waals surface area contributed by atoms with Gasteiger partial charge in [-0.1, -0.05) is 0 Å². The molecule has 0 radical (unpaired) electrons. The van der Waals surface area contributed by atoms with E-state index in [1.807, 2.05) is 0 Å². The number of nitrogens with one attached hydrogen (secondary N) is 1. The molecule has 1 aromatic heterocycles. The van der Waals surface area contributed by atoms with Crippen molar-refractivity contribution in [2.45, 2.75) is 6.42 Å². The third kappa shape index (κ3) is 3.15. The summed E-state index contributed by atoms with van der Waals surface area (Å²) in [4.78, 5) is 23.0. The number of amides is 1. The highest BCUT2D eigenvalue weighted by Gasteiger charge is 2.26. The van der Waals surface area contributed by atoms with Crippen LogP contribution in [0, 0.1) is 29.1 Å². The minimum Gasteiger partial charge on any atom is -0.423 e. The van der Waals surface area contributed by atoms with Crippen LogP contribution in [-0.4, -0.2) is 5.91 Å². The topological polar surface area (TPSA) is 59.3 Å². The summed E-state index contributed by atoms with van der Waals surface area (Å²) in [7, 11) is 0. The lowest BCUT2D eigenvalue weighted by molar-refractivity contribution is -0.115. The summed E-state index contributed by atoms with van der Waals surface area (Å²) >= 11 is 0. The van der Waals surface area contributed by atoms with Crippen LogP contribution in [0.25, 0.3) is 11.0 Å². The van der Waals surface area contributed by atoms with Gasteiger partial charge in [0.2, 0.25) is 11.7 Å². The summed E-state index contributed by atoms with van der Waals surface area (Å²) in [6.07, 6.45) is -1.06. The molecule has 0 aliphatic rings. The van der Waals surface area contributed by atoms with Crippen LogP contribution in [0.3, 0.4) is 0 Å². The molecule has 3 aromatic rings. The Kier molecular flexibility index (Phi) is 4.45. The van der Waals surface area contributed by atoms with Gasteiger partial charge in [0.15, 0.2) is 23.3 Å². The van der Waals surface area contributed by atoms with Gasteiger partial charge in [-0.3, -0.25) is 4.79 Å². The number of carbonyl (C=O) groups is 1. The molecular weight excluding hydrogens is 361 g/mol. The van der Waals surface area contributed by atoms with Gasteiger partial charge in [0, 0.05) is 22.7 Å². The second kappa shape index (κ2) is 6.58. The van der Waals surface area contributed by atoms with Gasteiger partial charge in [0.1, 0.15) is 5.58 Å². The summed E-state index contributed by atoms with van der Waals surface area (Å²) < 4.78 is 71.4. The maximum atomic E-state index is 13.6. The summed E-state index contributed by atoms with van der Waals surface area (Å²) in [5.41, 5.74) is -1.37. The van der Waals surface area contributed by atoms with Crippen molar-refractivity contribution in [3.63, 3.8) is 0 Å². The Morgan fingerprint density at radius 2 is 1.50 bits per heavy atom. The van der Waals surface area contributed by atoms with Crippen LogP contribution in [-0.2, 0) is 11.2 Å². The number of carbonyl (C=O) groups excluding carboxylic acids is 1. The monoisotopic (exact) mass is 369 g/mol. The van der Waals surface area contributed by atoms with E-state index in [2.05, 4.69) is 5.32 Å². The normalized spacial score (nSPS) is 11.0. The molecule has 0 saturated heterocycles. The second-order valence-electron chi connectivity index (χ2n) is 5.28. The van der Waals surface area contributed by atoms with Gasteiger partial charge in [-0.2, -0.15) is 0 Å². The maximum Gasteiger partial charge on any atom is 0.336 e. The summed E-state index contributed by atoms with van der Waals surface area (Å²) in [6, 6.07) is 6.73. The molecule has 2 aromatic carbocycles. The second-order valence-corrected chi connectivity index (χ2v) is 5.28. The Bertz CT molecular complexity index is 1060. The Morgan fingerprint density at radius 1 is 0.885 bits per heavy atom. The average Bonchev–Trinajstić information content (AvgIpc) is 2.62. The number of hydrogen-bond acceptors (Lipinski definition) is 3. The predicted octanol–water partition coefficient (Wildman–Crippen LogP) is 3.67. The van der Waals surface area contributed by atoms with Gasteiger partial charge in [0.05, 0.1) is 6.42 Å². The van der Waals surface area contributed by atoms with Crippen LogP contribution in [0.5, 0.6) is 0 Å². The van der Waals surface area contributed by atoms with Gasteiger partial charge in [0.25, 0.3) is 0 Å². The largest absolute Gasteiger partial charge is 0.423 e. The van der Waals surface area contributed by atoms with Crippen LogP contribution in [0.15, 0.2) is 39.5 Å². The quantitative estimate of drug-likeness (QED) is 0.332. The number of fused-ring (bicyclic) bond motifs is 1. The number of rotatable bonds is 3. The van der Waals surface area contributed by atoms with Crippen LogP contribution >= 0.6 is 0 Å². The van der Waals surface area contributed by atoms with Crippen LogP contribution in [0.4, 0.5) is 27.6 Å². The minimum atomic E-state index is -2.29. The molecule has 0 atom stereocenters. The maximum absolute atomic E-state index is 13.6. The van der Waals surface area contributed by atoms with Gasteiger partial charge in [-0.05, 0) is 24.3 Å². The molecule has 3 rings (SSSR count). The van der Waals surface area contributed by atoms with Gasteiger partial charge < -0.3 is 9.73 Å². The Balaban J connectivity index is 1.86. The number of hydrogen-bond donors (Lipinski definition) is 1. The Hall–Kier alpha value is -3.23. The Labute approximate surface area is 141 Å². The van der Waals surface area contributed by atoms with Crippen molar-refractivity contribution in [3.8, 4) is 0 Å². The first kappa shape index (κ1) is 17.6. The van der Waals surface area contributed by atoms with Crippen molar-refractivity contribution in [3.05, 3.63) is 75.4 Å². The van der Waals surface area contributed by atoms with E-state index in [0.717, 1.165) is 6.07 Å². The molecule has 9 heteroatoms. The molecule has 0 fully saturated rings. The fourth-order valence-electron chi connectivity index (χ4n) is 2.32. The zero-order valence-corrected chi connectivity index (χ0v) is 12.7. The van der Waals surface area contributed by atoms with Crippen LogP contribution in [0.2, 0.25) is 0 Å². The zero-order chi connectivity index (χ0) is 19.0. The van der Waals surface area contributed by atoms with Crippen molar-refractivity contribution in [2.75, 3.05) is 5.32 Å². The highest BCUT2D eigenvalue weighted by molar-refractivity contribution is 5.94. The number of benzene rings is 2. The van der Waals surface area contributed by atoms with E-state index in [1.165, 1.54) is 24.3 Å². The van der Waals surface area contributed by atoms with E-state index in [4.69, 9.17) is 4.42 Å². The Morgan fingerprint density at radius 3 is 2.15 bits per heavy atom. The molecular formula is C17H8F5NO3. The molecule has 0 aliphatic heterocycles.